The van der Waals surface area contributed by atoms with E-state index in [1.54, 1.807) is 0 Å². The van der Waals surface area contributed by atoms with Crippen molar-refractivity contribution in [1.29, 1.82) is 0 Å². The molecule has 2 N–H and O–H groups in total. The Morgan fingerprint density at radius 2 is 1.92 bits per heavy atom. The molecular formula is C20H35IN4. The molecular weight excluding hydrogens is 423 g/mol. The number of likely N-dealkylation sites (tertiary alicyclic amines) is 1. The van der Waals surface area contributed by atoms with Gasteiger partial charge >= 0.3 is 0 Å². The maximum absolute atomic E-state index is 4.36. The van der Waals surface area contributed by atoms with Gasteiger partial charge in [0.05, 0.1) is 0 Å². The monoisotopic (exact) mass is 458 g/mol. The van der Waals surface area contributed by atoms with Crippen molar-refractivity contribution < 1.29 is 0 Å². The Morgan fingerprint density at radius 1 is 1.20 bits per heavy atom. The Morgan fingerprint density at radius 3 is 2.52 bits per heavy atom. The molecule has 0 spiro atoms. The molecule has 1 heterocycles. The lowest BCUT2D eigenvalue weighted by Gasteiger charge is -2.32. The third-order valence-electron chi connectivity index (χ3n) is 4.97. The summed E-state index contributed by atoms with van der Waals surface area (Å²) in [5, 5.41) is 6.95. The molecule has 5 heteroatoms. The number of rotatable bonds is 6. The number of halogens is 1. The van der Waals surface area contributed by atoms with Crippen LogP contribution >= 0.6 is 24.0 Å². The van der Waals surface area contributed by atoms with Gasteiger partial charge in [-0.05, 0) is 69.8 Å². The number of piperidine rings is 1. The van der Waals surface area contributed by atoms with E-state index >= 15 is 0 Å². The predicted molar refractivity (Wildman–Crippen MR) is 119 cm³/mol. The summed E-state index contributed by atoms with van der Waals surface area (Å²) in [6.45, 7) is 12.1. The maximum Gasteiger partial charge on any atom is 0.191 e. The summed E-state index contributed by atoms with van der Waals surface area (Å²) < 4.78 is 0. The van der Waals surface area contributed by atoms with Gasteiger partial charge in [-0.2, -0.15) is 0 Å². The molecule has 0 atom stereocenters. The van der Waals surface area contributed by atoms with Crippen molar-refractivity contribution in [3.8, 4) is 0 Å². The van der Waals surface area contributed by atoms with Crippen molar-refractivity contribution in [2.75, 3.05) is 33.2 Å². The topological polar surface area (TPSA) is 39.7 Å². The summed E-state index contributed by atoms with van der Waals surface area (Å²) in [4.78, 5) is 6.95. The summed E-state index contributed by atoms with van der Waals surface area (Å²) >= 11 is 0. The summed E-state index contributed by atoms with van der Waals surface area (Å²) in [7, 11) is 1.85. The van der Waals surface area contributed by atoms with Crippen LogP contribution in [0, 0.1) is 19.8 Å². The van der Waals surface area contributed by atoms with Gasteiger partial charge in [0.25, 0.3) is 0 Å². The van der Waals surface area contributed by atoms with Crippen molar-refractivity contribution in [2.45, 2.75) is 46.6 Å². The molecule has 2 rings (SSSR count). The number of benzene rings is 1. The van der Waals surface area contributed by atoms with E-state index in [0.717, 1.165) is 25.0 Å². The minimum atomic E-state index is 0. The van der Waals surface area contributed by atoms with Gasteiger partial charge in [-0.3, -0.25) is 4.99 Å². The lowest BCUT2D eigenvalue weighted by molar-refractivity contribution is 0.185. The lowest BCUT2D eigenvalue weighted by atomic mass is 9.97. The molecule has 0 unspecified atom stereocenters. The van der Waals surface area contributed by atoms with E-state index in [1.165, 1.54) is 55.6 Å². The average Bonchev–Trinajstić information content (AvgIpc) is 2.58. The number of hydrogen-bond donors (Lipinski definition) is 2. The van der Waals surface area contributed by atoms with Gasteiger partial charge in [0.15, 0.2) is 5.96 Å². The Hall–Kier alpha value is -0.820. The van der Waals surface area contributed by atoms with Gasteiger partial charge in [-0.25, -0.2) is 0 Å². The van der Waals surface area contributed by atoms with Gasteiger partial charge in [0.1, 0.15) is 0 Å². The fraction of sp³-hybridized carbons (Fsp3) is 0.650. The minimum absolute atomic E-state index is 0. The molecule has 0 bridgehead atoms. The number of nitrogens with zero attached hydrogens (tertiary/aromatic N) is 2. The Labute approximate surface area is 170 Å². The normalized spacial score (nSPS) is 16.4. The van der Waals surface area contributed by atoms with Crippen LogP contribution in [-0.4, -0.2) is 44.1 Å². The molecule has 0 amide bonds. The molecule has 1 aliphatic rings. The predicted octanol–water partition coefficient (Wildman–Crippen LogP) is 3.71. The lowest BCUT2D eigenvalue weighted by Crippen LogP contribution is -2.42. The largest absolute Gasteiger partial charge is 0.356 e. The first-order valence-corrected chi connectivity index (χ1v) is 9.35. The molecule has 1 aromatic rings. The summed E-state index contributed by atoms with van der Waals surface area (Å²) in [5.74, 6) is 1.67. The van der Waals surface area contributed by atoms with Crippen LogP contribution < -0.4 is 10.6 Å². The van der Waals surface area contributed by atoms with Crippen LogP contribution in [0.25, 0.3) is 0 Å². The van der Waals surface area contributed by atoms with Crippen LogP contribution in [0.1, 0.15) is 42.9 Å². The zero-order valence-electron chi connectivity index (χ0n) is 16.3. The smallest absolute Gasteiger partial charge is 0.191 e. The molecule has 1 aliphatic heterocycles. The molecule has 25 heavy (non-hydrogen) atoms. The highest BCUT2D eigenvalue weighted by molar-refractivity contribution is 14.0. The van der Waals surface area contributed by atoms with Crippen LogP contribution in [0.5, 0.6) is 0 Å². The van der Waals surface area contributed by atoms with Crippen molar-refractivity contribution in [3.05, 3.63) is 34.9 Å². The molecule has 4 nitrogen and oxygen atoms in total. The quantitative estimate of drug-likeness (QED) is 0.388. The first kappa shape index (κ1) is 22.2. The zero-order chi connectivity index (χ0) is 17.4. The first-order valence-electron chi connectivity index (χ1n) is 9.35. The molecule has 0 saturated carbocycles. The van der Waals surface area contributed by atoms with Crippen molar-refractivity contribution in [2.24, 2.45) is 10.9 Å². The number of aryl methyl sites for hydroxylation is 2. The highest BCUT2D eigenvalue weighted by Gasteiger charge is 2.18. The Bertz CT molecular complexity index is 536. The van der Waals surface area contributed by atoms with Gasteiger partial charge in [0.2, 0.25) is 0 Å². The molecule has 1 aromatic carbocycles. The Kier molecular flexibility index (Phi) is 10.4. The molecule has 0 aromatic heterocycles. The zero-order valence-corrected chi connectivity index (χ0v) is 18.6. The summed E-state index contributed by atoms with van der Waals surface area (Å²) in [5.41, 5.74) is 3.98. The maximum atomic E-state index is 4.36. The highest BCUT2D eigenvalue weighted by Crippen LogP contribution is 2.16. The number of hydrogen-bond acceptors (Lipinski definition) is 2. The standard InChI is InChI=1S/C20H34N4.HI/c1-5-10-24-11-8-18(9-12-24)14-22-20(21-4)23-15-19-7-6-16(2)13-17(19)3;/h6-7,13,18H,5,8-12,14-15H2,1-4H3,(H2,21,22,23);1H. The van der Waals surface area contributed by atoms with Crippen LogP contribution in [0.2, 0.25) is 0 Å². The van der Waals surface area contributed by atoms with E-state index in [0.29, 0.717) is 0 Å². The van der Waals surface area contributed by atoms with Crippen molar-refractivity contribution >= 4 is 29.9 Å². The van der Waals surface area contributed by atoms with Crippen LogP contribution in [0.3, 0.4) is 0 Å². The highest BCUT2D eigenvalue weighted by atomic mass is 127. The fourth-order valence-corrected chi connectivity index (χ4v) is 3.42. The molecule has 1 saturated heterocycles. The van der Waals surface area contributed by atoms with Crippen LogP contribution in [0.4, 0.5) is 0 Å². The van der Waals surface area contributed by atoms with Crippen molar-refractivity contribution in [3.63, 3.8) is 0 Å². The number of nitrogens with one attached hydrogen (secondary N) is 2. The SMILES string of the molecule is CCCN1CCC(CNC(=NC)NCc2ccc(C)cc2C)CC1.I. The number of aliphatic imine (C=N–C) groups is 1. The fourth-order valence-electron chi connectivity index (χ4n) is 3.42. The minimum Gasteiger partial charge on any atom is -0.356 e. The van der Waals surface area contributed by atoms with Gasteiger partial charge in [0, 0.05) is 20.1 Å². The second kappa shape index (κ2) is 11.7. The molecule has 1 fully saturated rings. The van der Waals surface area contributed by atoms with Gasteiger partial charge in [-0.1, -0.05) is 30.7 Å². The Balaban J connectivity index is 0.00000312. The number of guanidine groups is 1. The van der Waals surface area contributed by atoms with Crippen LogP contribution in [-0.2, 0) is 6.54 Å². The van der Waals surface area contributed by atoms with E-state index in [4.69, 9.17) is 0 Å². The summed E-state index contributed by atoms with van der Waals surface area (Å²) in [6, 6.07) is 6.61. The van der Waals surface area contributed by atoms with E-state index in [1.807, 2.05) is 7.05 Å². The van der Waals surface area contributed by atoms with E-state index in [9.17, 15) is 0 Å². The molecule has 0 aliphatic carbocycles. The van der Waals surface area contributed by atoms with Crippen LogP contribution in [0.15, 0.2) is 23.2 Å². The van der Waals surface area contributed by atoms with E-state index < -0.39 is 0 Å². The van der Waals surface area contributed by atoms with Gasteiger partial charge in [-0.15, -0.1) is 24.0 Å². The second-order valence-electron chi connectivity index (χ2n) is 7.02. The summed E-state index contributed by atoms with van der Waals surface area (Å²) in [6.07, 6.45) is 3.85. The molecule has 0 radical (unpaired) electrons. The first-order chi connectivity index (χ1) is 11.6. The second-order valence-corrected chi connectivity index (χ2v) is 7.02. The molecule has 142 valence electrons. The van der Waals surface area contributed by atoms with Crippen molar-refractivity contribution in [1.82, 2.24) is 15.5 Å². The van der Waals surface area contributed by atoms with E-state index in [2.05, 4.69) is 59.5 Å². The van der Waals surface area contributed by atoms with E-state index in [-0.39, 0.29) is 24.0 Å². The van der Waals surface area contributed by atoms with Gasteiger partial charge < -0.3 is 15.5 Å². The third kappa shape index (κ3) is 7.52. The average molecular weight is 458 g/mol. The third-order valence-corrected chi connectivity index (χ3v) is 4.97.